The number of ether oxygens (including phenoxy) is 2. The number of methoxy groups -OCH3 is 1. The highest BCUT2D eigenvalue weighted by molar-refractivity contribution is 14.0. The third kappa shape index (κ3) is 6.39. The summed E-state index contributed by atoms with van der Waals surface area (Å²) in [7, 11) is 1.66. The molecule has 0 unspecified atom stereocenters. The van der Waals surface area contributed by atoms with Crippen LogP contribution in [0, 0.1) is 0 Å². The molecule has 146 valence electrons. The number of nitrogens with one attached hydrogen (secondary N) is 1. The average Bonchev–Trinajstić information content (AvgIpc) is 2.68. The highest BCUT2D eigenvalue weighted by atomic mass is 127. The fraction of sp³-hybridized carbons (Fsp3) is 0.381. The van der Waals surface area contributed by atoms with Crippen molar-refractivity contribution in [2.75, 3.05) is 25.6 Å². The van der Waals surface area contributed by atoms with Gasteiger partial charge in [-0.25, -0.2) is 4.99 Å². The number of hydrogen-bond donors (Lipinski definition) is 2. The third-order valence-electron chi connectivity index (χ3n) is 4.57. The largest absolute Gasteiger partial charge is 0.491 e. The molecular formula is C21H28IN3O2. The number of halogens is 1. The maximum absolute atomic E-state index is 6.10. The number of aliphatic imine (C=N–C) groups is 1. The first-order valence-corrected chi connectivity index (χ1v) is 9.14. The Kier molecular flexibility index (Phi) is 8.87. The summed E-state index contributed by atoms with van der Waals surface area (Å²) in [5, 5.41) is 3.28. The topological polar surface area (TPSA) is 68.9 Å². The zero-order chi connectivity index (χ0) is 18.2. The highest BCUT2D eigenvalue weighted by Crippen LogP contribution is 2.27. The Bertz CT molecular complexity index is 748. The number of anilines is 1. The third-order valence-corrected chi connectivity index (χ3v) is 4.57. The molecule has 0 bridgehead atoms. The second kappa shape index (κ2) is 11.1. The van der Waals surface area contributed by atoms with Gasteiger partial charge in [0.2, 0.25) is 0 Å². The van der Waals surface area contributed by atoms with Crippen LogP contribution in [-0.4, -0.2) is 26.3 Å². The molecule has 0 saturated carbocycles. The van der Waals surface area contributed by atoms with Crippen molar-refractivity contribution in [1.29, 1.82) is 0 Å². The van der Waals surface area contributed by atoms with Gasteiger partial charge >= 0.3 is 0 Å². The van der Waals surface area contributed by atoms with Gasteiger partial charge in [0.1, 0.15) is 12.4 Å². The number of benzene rings is 2. The van der Waals surface area contributed by atoms with Gasteiger partial charge in [-0.15, -0.1) is 24.0 Å². The zero-order valence-corrected chi connectivity index (χ0v) is 18.1. The Morgan fingerprint density at radius 1 is 1.07 bits per heavy atom. The van der Waals surface area contributed by atoms with Crippen molar-refractivity contribution in [3.8, 4) is 5.75 Å². The summed E-state index contributed by atoms with van der Waals surface area (Å²) in [6, 6.07) is 14.3. The lowest BCUT2D eigenvalue weighted by Gasteiger charge is -2.19. The van der Waals surface area contributed by atoms with Crippen LogP contribution in [0.4, 0.5) is 5.69 Å². The van der Waals surface area contributed by atoms with E-state index in [1.165, 1.54) is 24.0 Å². The molecule has 0 saturated heterocycles. The van der Waals surface area contributed by atoms with E-state index in [0.717, 1.165) is 29.8 Å². The molecule has 0 atom stereocenters. The predicted molar refractivity (Wildman–Crippen MR) is 121 cm³/mol. The molecule has 3 rings (SSSR count). The van der Waals surface area contributed by atoms with Crippen LogP contribution in [0.5, 0.6) is 5.75 Å². The van der Waals surface area contributed by atoms with E-state index in [1.807, 2.05) is 24.3 Å². The molecule has 1 aliphatic rings. The van der Waals surface area contributed by atoms with Crippen LogP contribution >= 0.6 is 24.0 Å². The smallest absolute Gasteiger partial charge is 0.193 e. The number of rotatable bonds is 7. The Morgan fingerprint density at radius 2 is 1.85 bits per heavy atom. The van der Waals surface area contributed by atoms with Crippen molar-refractivity contribution in [3.63, 3.8) is 0 Å². The van der Waals surface area contributed by atoms with Crippen LogP contribution in [0.2, 0.25) is 0 Å². The van der Waals surface area contributed by atoms with Gasteiger partial charge < -0.3 is 20.5 Å². The van der Waals surface area contributed by atoms with Gasteiger partial charge in [-0.3, -0.25) is 0 Å². The lowest BCUT2D eigenvalue weighted by atomic mass is 9.90. The van der Waals surface area contributed by atoms with Crippen LogP contribution in [0.1, 0.15) is 29.5 Å². The van der Waals surface area contributed by atoms with Crippen LogP contribution in [-0.2, 0) is 24.1 Å². The van der Waals surface area contributed by atoms with Gasteiger partial charge in [-0.1, -0.05) is 24.3 Å². The molecule has 27 heavy (non-hydrogen) atoms. The van der Waals surface area contributed by atoms with Crippen molar-refractivity contribution in [3.05, 3.63) is 59.2 Å². The molecule has 0 spiro atoms. The van der Waals surface area contributed by atoms with Crippen LogP contribution in [0.25, 0.3) is 0 Å². The Balaban J connectivity index is 0.00000261. The summed E-state index contributed by atoms with van der Waals surface area (Å²) in [5.41, 5.74) is 11.1. The van der Waals surface area contributed by atoms with Gasteiger partial charge in [0.15, 0.2) is 5.96 Å². The molecule has 0 amide bonds. The lowest BCUT2D eigenvalue weighted by molar-refractivity contribution is 0.146. The molecule has 2 aromatic carbocycles. The molecule has 0 aromatic heterocycles. The molecule has 5 nitrogen and oxygen atoms in total. The van der Waals surface area contributed by atoms with Crippen LogP contribution in [0.15, 0.2) is 47.5 Å². The first-order chi connectivity index (χ1) is 12.8. The van der Waals surface area contributed by atoms with Crippen LogP contribution < -0.4 is 15.8 Å². The molecular weight excluding hydrogens is 453 g/mol. The lowest BCUT2D eigenvalue weighted by Crippen LogP contribution is -2.24. The molecule has 2 aromatic rings. The number of nitrogens with zero attached hydrogens (tertiary/aromatic N) is 1. The van der Waals surface area contributed by atoms with Gasteiger partial charge in [0, 0.05) is 12.8 Å². The van der Waals surface area contributed by atoms with Crippen molar-refractivity contribution in [1.82, 2.24) is 0 Å². The quantitative estimate of drug-likeness (QED) is 0.270. The van der Waals surface area contributed by atoms with Crippen molar-refractivity contribution in [2.45, 2.75) is 32.2 Å². The number of nitrogens with two attached hydrogens (primary N) is 1. The molecule has 0 fully saturated rings. The number of fused-ring (bicyclic) bond motifs is 1. The molecule has 0 heterocycles. The molecule has 6 heteroatoms. The van der Waals surface area contributed by atoms with Crippen molar-refractivity contribution >= 4 is 35.6 Å². The zero-order valence-electron chi connectivity index (χ0n) is 15.7. The maximum atomic E-state index is 6.10. The first kappa shape index (κ1) is 21.5. The monoisotopic (exact) mass is 481 g/mol. The molecule has 1 aliphatic carbocycles. The molecule has 0 aliphatic heterocycles. The minimum atomic E-state index is 0. The van der Waals surface area contributed by atoms with E-state index in [9.17, 15) is 0 Å². The fourth-order valence-electron chi connectivity index (χ4n) is 3.19. The molecule has 0 radical (unpaired) electrons. The van der Waals surface area contributed by atoms with E-state index in [0.29, 0.717) is 25.7 Å². The predicted octanol–water partition coefficient (Wildman–Crippen LogP) is 4.14. The van der Waals surface area contributed by atoms with Crippen molar-refractivity contribution in [2.24, 2.45) is 10.7 Å². The van der Waals surface area contributed by atoms with E-state index in [4.69, 9.17) is 15.2 Å². The van der Waals surface area contributed by atoms with Gasteiger partial charge in [0.05, 0.1) is 13.2 Å². The van der Waals surface area contributed by atoms with Gasteiger partial charge in [0.25, 0.3) is 0 Å². The number of hydrogen-bond acceptors (Lipinski definition) is 3. The van der Waals surface area contributed by atoms with E-state index in [-0.39, 0.29) is 24.0 Å². The van der Waals surface area contributed by atoms with E-state index >= 15 is 0 Å². The van der Waals surface area contributed by atoms with Crippen molar-refractivity contribution < 1.29 is 9.47 Å². The second-order valence-electron chi connectivity index (χ2n) is 6.46. The maximum Gasteiger partial charge on any atom is 0.193 e. The minimum absolute atomic E-state index is 0. The molecule has 3 N–H and O–H groups in total. The summed E-state index contributed by atoms with van der Waals surface area (Å²) < 4.78 is 10.5. The standard InChI is InChI=1S/C21H27N3O2.HI/c1-25-13-14-26-18-11-9-16(10-12-18)15-23-21(22)24-20-8-4-6-17-5-2-3-7-19(17)20;/h4,6,8-12H,2-3,5,7,13-15H2,1H3,(H3,22,23,24);1H. The minimum Gasteiger partial charge on any atom is -0.491 e. The normalized spacial score (nSPS) is 13.4. The summed E-state index contributed by atoms with van der Waals surface area (Å²) in [6.45, 7) is 1.66. The highest BCUT2D eigenvalue weighted by Gasteiger charge is 2.13. The van der Waals surface area contributed by atoms with E-state index in [1.54, 1.807) is 7.11 Å². The van der Waals surface area contributed by atoms with E-state index in [2.05, 4.69) is 28.5 Å². The van der Waals surface area contributed by atoms with Crippen LogP contribution in [0.3, 0.4) is 0 Å². The summed E-state index contributed by atoms with van der Waals surface area (Å²) in [5.74, 6) is 1.28. The van der Waals surface area contributed by atoms with E-state index < -0.39 is 0 Å². The van der Waals surface area contributed by atoms with Gasteiger partial charge in [-0.05, 0) is 60.6 Å². The number of aryl methyl sites for hydroxylation is 1. The van der Waals surface area contributed by atoms with Gasteiger partial charge in [-0.2, -0.15) is 0 Å². The SMILES string of the molecule is COCCOc1ccc(CN=C(N)Nc2cccc3c2CCCC3)cc1.I. The fourth-order valence-corrected chi connectivity index (χ4v) is 3.19. The Hall–Kier alpha value is -1.80. The average molecular weight is 481 g/mol. The summed E-state index contributed by atoms with van der Waals surface area (Å²) in [6.07, 6.45) is 4.77. The summed E-state index contributed by atoms with van der Waals surface area (Å²) >= 11 is 0. The number of guanidine groups is 1. The Morgan fingerprint density at radius 3 is 2.63 bits per heavy atom. The Labute approximate surface area is 178 Å². The second-order valence-corrected chi connectivity index (χ2v) is 6.46. The summed E-state index contributed by atoms with van der Waals surface area (Å²) in [4.78, 5) is 4.47. The first-order valence-electron chi connectivity index (χ1n) is 9.14.